The average Bonchev–Trinajstić information content (AvgIpc) is 1.58. The summed E-state index contributed by atoms with van der Waals surface area (Å²) < 4.78 is 35.2. The van der Waals surface area contributed by atoms with Gasteiger partial charge < -0.3 is 80.1 Å². The molecule has 0 radical (unpaired) electrons. The number of nitrogens with one attached hydrogen (secondary N) is 6. The highest BCUT2D eigenvalue weighted by Gasteiger charge is 2.64. The minimum atomic E-state index is -2.41. The second-order valence-corrected chi connectivity index (χ2v) is 22.6. The van der Waals surface area contributed by atoms with E-state index in [0.29, 0.717) is 61.1 Å². The van der Waals surface area contributed by atoms with E-state index in [1.54, 1.807) is 19.1 Å². The van der Waals surface area contributed by atoms with Crippen LogP contribution in [-0.4, -0.2) is 167 Å². The lowest BCUT2D eigenvalue weighted by Gasteiger charge is -2.52. The van der Waals surface area contributed by atoms with Crippen LogP contribution in [0.25, 0.3) is 0 Å². The van der Waals surface area contributed by atoms with E-state index in [0.717, 1.165) is 5.57 Å². The molecule has 23 heteroatoms. The number of aliphatic hydroxyl groups excluding tert-OH is 5. The molecule has 1 saturated carbocycles. The Morgan fingerprint density at radius 2 is 1.84 bits per heavy atom. The van der Waals surface area contributed by atoms with Crippen LogP contribution in [0.5, 0.6) is 11.5 Å². The van der Waals surface area contributed by atoms with E-state index in [2.05, 4.69) is 44.0 Å². The summed E-state index contributed by atoms with van der Waals surface area (Å²) in [6, 6.07) is 12.8. The third-order valence-electron chi connectivity index (χ3n) is 17.0. The molecule has 23 nitrogen and oxygen atoms in total. The molecule has 3 aromatic carbocycles. The SMILES string of the molecule is C[C@H](O)CNNC1=CC(CCO[C@@H]2[C@H]3Oc4c(cc5c(c4OC[C@H](O)CC=O)C(=O)c4cc(CO)ccc4C5=O)[C@H](c4ccccc4N4CN[C@H]5C(=O)N[C@@H](N)N[C@H]54)[C@H]4CC[C@H](O)CC#C[C@@](O)([C@H]2O)[C@@H](O3)C2(CCCC2)OC4)=CCN1. The molecule has 3 bridgehead atoms. The highest BCUT2D eigenvalue weighted by molar-refractivity contribution is 6.29. The number of hydrazine groups is 1. The number of hydrogen-bond acceptors (Lipinski definition) is 22. The number of nitrogens with zero attached hydrogens (tertiary/aromatic N) is 1. The summed E-state index contributed by atoms with van der Waals surface area (Å²) in [6.45, 7) is 1.41. The van der Waals surface area contributed by atoms with Crippen molar-refractivity contribution in [3.05, 3.63) is 111 Å². The van der Waals surface area contributed by atoms with Gasteiger partial charge >= 0.3 is 0 Å². The van der Waals surface area contributed by atoms with Gasteiger partial charge in [0.25, 0.3) is 0 Å². The van der Waals surface area contributed by atoms with Crippen LogP contribution >= 0.6 is 0 Å². The highest BCUT2D eigenvalue weighted by Crippen LogP contribution is 2.54. The molecule has 6 heterocycles. The van der Waals surface area contributed by atoms with Gasteiger partial charge in [-0.15, -0.1) is 0 Å². The first-order valence-electron chi connectivity index (χ1n) is 28.3. The molecule has 13 atom stereocenters. The number of carbonyl (C=O) groups excluding carboxylic acids is 4. The number of dihydropyridines is 1. The lowest BCUT2D eigenvalue weighted by atomic mass is 9.73. The lowest BCUT2D eigenvalue weighted by molar-refractivity contribution is -0.335. The quantitative estimate of drug-likeness (QED) is 0.0391. The standard InChI is InChI=1S/C59H72N8O15/c1-31(70)26-63-66-43-24-32(14-20-61-43)16-22-78-51-52(75)59(77)19-6-7-35(71)12-11-34-28-80-58(17-4-5-18-58)56(59)82-55(51)81-49-41(44(34)38-8-2-3-9-42(38)67-30-62-46-53(67)64-57(60)65-54(46)76)25-40-45(50(49)79-29-36(72)15-21-68)48(74)39-23-33(27-69)10-13-37(39)47(40)73/h2-3,8-10,13-14,21,23-25,31,34-36,44,46,51-53,55-57,61-64,66,69-72,75,77H,4-5,7,11-12,15-18,20,22,26-30,60H2,1H3,(H,65,76)/t31-,34-,35+,36+,44-,46+,51-,52-,53-,55-,56-,57-,59+/m0/s1. The number of hydrogen-bond donors (Lipinski definition) is 13. The Morgan fingerprint density at radius 1 is 1.02 bits per heavy atom. The summed E-state index contributed by atoms with van der Waals surface area (Å²) >= 11 is 0. The molecule has 14 N–H and O–H groups in total. The molecule has 1 spiro atoms. The van der Waals surface area contributed by atoms with E-state index in [-0.39, 0.29) is 104 Å². The van der Waals surface area contributed by atoms with Crippen molar-refractivity contribution in [3.8, 4) is 23.3 Å². The molecule has 2 aliphatic carbocycles. The summed E-state index contributed by atoms with van der Waals surface area (Å²) in [6.07, 6.45) is -4.57. The van der Waals surface area contributed by atoms with Crippen LogP contribution in [0.1, 0.15) is 119 Å². The number of amides is 1. The first-order chi connectivity index (χ1) is 39.6. The maximum Gasteiger partial charge on any atom is 0.242 e. The van der Waals surface area contributed by atoms with Crippen LogP contribution < -0.4 is 52.2 Å². The van der Waals surface area contributed by atoms with Gasteiger partial charge in [0.1, 0.15) is 55.5 Å². The van der Waals surface area contributed by atoms with Crippen molar-refractivity contribution in [1.29, 1.82) is 0 Å². The van der Waals surface area contributed by atoms with E-state index in [1.165, 1.54) is 12.1 Å². The fraction of sp³-hybridized carbons (Fsp3) is 0.525. The van der Waals surface area contributed by atoms with Gasteiger partial charge in [-0.2, -0.15) is 0 Å². The molecule has 438 valence electrons. The molecule has 82 heavy (non-hydrogen) atoms. The van der Waals surface area contributed by atoms with Crippen molar-refractivity contribution in [2.24, 2.45) is 11.7 Å². The summed E-state index contributed by atoms with van der Waals surface area (Å²) in [7, 11) is 0. The number of carbonyl (C=O) groups is 4. The number of para-hydroxylation sites is 1. The first-order valence-corrected chi connectivity index (χ1v) is 28.3. The second-order valence-electron chi connectivity index (χ2n) is 22.6. The average molecular weight is 1130 g/mol. The van der Waals surface area contributed by atoms with Crippen LogP contribution in [0.3, 0.4) is 0 Å². The van der Waals surface area contributed by atoms with Gasteiger partial charge in [-0.05, 0) is 92.0 Å². The Labute approximate surface area is 473 Å². The van der Waals surface area contributed by atoms with Crippen molar-refractivity contribution in [2.75, 3.05) is 44.5 Å². The molecular weight excluding hydrogens is 1060 g/mol. The number of ketones is 2. The molecule has 0 unspecified atom stereocenters. The third-order valence-corrected chi connectivity index (χ3v) is 17.0. The van der Waals surface area contributed by atoms with Gasteiger partial charge in [0.2, 0.25) is 12.2 Å². The number of ether oxygens (including phenoxy) is 5. The minimum Gasteiger partial charge on any atom is -0.486 e. The van der Waals surface area contributed by atoms with Gasteiger partial charge in [0.15, 0.2) is 28.7 Å². The molecule has 6 aliphatic heterocycles. The number of allylic oxidation sites excluding steroid dienone is 1. The monoisotopic (exact) mass is 1130 g/mol. The Balaban J connectivity index is 1.14. The molecule has 8 aliphatic rings. The van der Waals surface area contributed by atoms with E-state index >= 15 is 9.59 Å². The number of fused-ring (bicyclic) bond motifs is 7. The second kappa shape index (κ2) is 24.1. The smallest absolute Gasteiger partial charge is 0.242 e. The van der Waals surface area contributed by atoms with Gasteiger partial charge in [0.05, 0.1) is 56.0 Å². The largest absolute Gasteiger partial charge is 0.486 e. The molecule has 11 rings (SSSR count). The van der Waals surface area contributed by atoms with Crippen molar-refractivity contribution < 1.29 is 73.5 Å². The van der Waals surface area contributed by atoms with Crippen molar-refractivity contribution in [1.82, 2.24) is 32.1 Å². The van der Waals surface area contributed by atoms with Crippen molar-refractivity contribution in [3.63, 3.8) is 0 Å². The Kier molecular flexibility index (Phi) is 16.9. The summed E-state index contributed by atoms with van der Waals surface area (Å²) in [5.74, 6) is 2.96. The zero-order valence-corrected chi connectivity index (χ0v) is 45.5. The molecular formula is C59H72N8O15. The van der Waals surface area contributed by atoms with Crippen LogP contribution in [-0.2, 0) is 30.4 Å². The maximum atomic E-state index is 15.4. The number of aliphatic hydroxyl groups is 6. The van der Waals surface area contributed by atoms with Gasteiger partial charge in [-0.1, -0.05) is 55.0 Å². The van der Waals surface area contributed by atoms with Gasteiger partial charge in [0, 0.05) is 59.8 Å². The van der Waals surface area contributed by atoms with Crippen LogP contribution in [0.4, 0.5) is 5.69 Å². The Bertz CT molecular complexity index is 3070. The molecule has 4 fully saturated rings. The van der Waals surface area contributed by atoms with E-state index in [9.17, 15) is 40.2 Å². The van der Waals surface area contributed by atoms with E-state index in [4.69, 9.17) is 29.4 Å². The summed E-state index contributed by atoms with van der Waals surface area (Å²) in [4.78, 5) is 58.0. The maximum absolute atomic E-state index is 15.4. The fourth-order valence-corrected chi connectivity index (χ4v) is 12.9. The normalized spacial score (nSPS) is 30.7. The topological polar surface area (TPSA) is 337 Å². The summed E-state index contributed by atoms with van der Waals surface area (Å²) in [5, 5.41) is 82.1. The van der Waals surface area contributed by atoms with Crippen molar-refractivity contribution >= 4 is 29.4 Å². The van der Waals surface area contributed by atoms with Crippen LogP contribution in [0, 0.1) is 17.8 Å². The fourth-order valence-electron chi connectivity index (χ4n) is 12.9. The predicted octanol–water partition coefficient (Wildman–Crippen LogP) is -0.237. The zero-order valence-electron chi connectivity index (χ0n) is 45.5. The van der Waals surface area contributed by atoms with Crippen LogP contribution in [0.15, 0.2) is 72.1 Å². The Morgan fingerprint density at radius 3 is 2.63 bits per heavy atom. The molecule has 0 aromatic heterocycles. The van der Waals surface area contributed by atoms with Gasteiger partial charge in [-0.3, -0.25) is 30.8 Å². The first kappa shape index (κ1) is 57.5. The number of rotatable bonds is 16. The number of aldehydes is 1. The number of benzene rings is 3. The summed E-state index contributed by atoms with van der Waals surface area (Å²) in [5.41, 5.74) is 11.1. The van der Waals surface area contributed by atoms with E-state index in [1.807, 2.05) is 41.3 Å². The minimum absolute atomic E-state index is 0.0337. The van der Waals surface area contributed by atoms with E-state index < -0.39 is 109 Å². The molecule has 1 amide bonds. The predicted molar refractivity (Wildman–Crippen MR) is 293 cm³/mol. The highest BCUT2D eigenvalue weighted by atomic mass is 16.7. The third kappa shape index (κ3) is 11.0. The van der Waals surface area contributed by atoms with Crippen molar-refractivity contribution in [2.45, 2.75) is 150 Å². The Hall–Kier alpha value is -6.34. The molecule has 3 saturated heterocycles. The number of anilines is 1. The van der Waals surface area contributed by atoms with Gasteiger partial charge in [-0.25, -0.2) is 5.43 Å². The number of nitrogens with two attached hydrogens (primary N) is 1. The zero-order chi connectivity index (χ0) is 57.5. The molecule has 3 aromatic rings. The lowest BCUT2D eigenvalue weighted by Crippen LogP contribution is -2.72. The van der Waals surface area contributed by atoms with Crippen LogP contribution in [0.2, 0.25) is 0 Å².